The van der Waals surface area contributed by atoms with Gasteiger partial charge in [-0.25, -0.2) is 4.68 Å². The molecular weight excluding hydrogens is 314 g/mol. The molecule has 0 aliphatic rings. The van der Waals surface area contributed by atoms with Crippen molar-refractivity contribution in [2.24, 2.45) is 0 Å². The highest BCUT2D eigenvalue weighted by molar-refractivity contribution is 5.86. The first kappa shape index (κ1) is 17.5. The molecule has 2 aromatic carbocycles. The van der Waals surface area contributed by atoms with Crippen LogP contribution in [0.3, 0.4) is 0 Å². The summed E-state index contributed by atoms with van der Waals surface area (Å²) in [5.41, 5.74) is 1.99. The molecule has 25 heavy (non-hydrogen) atoms. The molecule has 5 heteroatoms. The summed E-state index contributed by atoms with van der Waals surface area (Å²) in [5, 5.41) is 18.8. The van der Waals surface area contributed by atoms with E-state index in [0.29, 0.717) is 12.6 Å². The average molecular weight is 339 g/mol. The van der Waals surface area contributed by atoms with E-state index >= 15 is 0 Å². The van der Waals surface area contributed by atoms with E-state index in [1.54, 1.807) is 6.20 Å². The molecule has 0 fully saturated rings. The molecule has 0 spiro atoms. The minimum absolute atomic E-state index is 0.249. The Kier molecular flexibility index (Phi) is 5.68. The number of hydrogen-bond acceptors (Lipinski definition) is 4. The number of nitrogens with one attached hydrogen (secondary N) is 1. The van der Waals surface area contributed by atoms with Crippen LogP contribution in [0.25, 0.3) is 16.6 Å². The van der Waals surface area contributed by atoms with Gasteiger partial charge in [0, 0.05) is 12.6 Å². The first-order chi connectivity index (χ1) is 12.2. The van der Waals surface area contributed by atoms with E-state index in [2.05, 4.69) is 24.3 Å². The highest BCUT2D eigenvalue weighted by Crippen LogP contribution is 2.27. The van der Waals surface area contributed by atoms with E-state index in [1.807, 2.05) is 53.2 Å². The summed E-state index contributed by atoms with van der Waals surface area (Å²) >= 11 is 0. The zero-order chi connectivity index (χ0) is 17.6. The number of nitrogens with zero attached hydrogens (tertiary/aromatic N) is 2. The summed E-state index contributed by atoms with van der Waals surface area (Å²) in [5.74, 6) is 0.738. The summed E-state index contributed by atoms with van der Waals surface area (Å²) in [6.45, 7) is 4.99. The van der Waals surface area contributed by atoms with E-state index in [-0.39, 0.29) is 6.61 Å². The molecular formula is C20H25N3O2. The lowest BCUT2D eigenvalue weighted by Gasteiger charge is -2.16. The zero-order valence-electron chi connectivity index (χ0n) is 14.7. The lowest BCUT2D eigenvalue weighted by Crippen LogP contribution is -2.36. The van der Waals surface area contributed by atoms with E-state index in [0.717, 1.165) is 28.8 Å². The van der Waals surface area contributed by atoms with Crippen molar-refractivity contribution in [1.82, 2.24) is 15.1 Å². The Labute approximate surface area is 148 Å². The van der Waals surface area contributed by atoms with E-state index in [9.17, 15) is 5.11 Å². The van der Waals surface area contributed by atoms with Gasteiger partial charge in [0.15, 0.2) is 0 Å². The van der Waals surface area contributed by atoms with E-state index < -0.39 is 6.10 Å². The van der Waals surface area contributed by atoms with Crippen molar-refractivity contribution in [1.29, 1.82) is 0 Å². The summed E-state index contributed by atoms with van der Waals surface area (Å²) in [4.78, 5) is 0. The molecule has 0 radical (unpaired) electrons. The molecule has 0 saturated carbocycles. The van der Waals surface area contributed by atoms with Crippen molar-refractivity contribution in [3.63, 3.8) is 0 Å². The third kappa shape index (κ3) is 4.18. The Hall–Kier alpha value is -2.37. The lowest BCUT2D eigenvalue weighted by atomic mass is 10.2. The maximum atomic E-state index is 10.1. The minimum atomic E-state index is -0.548. The van der Waals surface area contributed by atoms with Gasteiger partial charge in [-0.3, -0.25) is 0 Å². The third-order valence-electron chi connectivity index (χ3n) is 4.32. The maximum absolute atomic E-state index is 10.1. The van der Waals surface area contributed by atoms with Crippen molar-refractivity contribution < 1.29 is 9.84 Å². The van der Waals surface area contributed by atoms with Gasteiger partial charge >= 0.3 is 0 Å². The number of hydrogen-bond donors (Lipinski definition) is 2. The lowest BCUT2D eigenvalue weighted by molar-refractivity contribution is 0.105. The number of fused-ring (bicyclic) bond motifs is 1. The first-order valence-corrected chi connectivity index (χ1v) is 8.75. The topological polar surface area (TPSA) is 59.3 Å². The van der Waals surface area contributed by atoms with Crippen LogP contribution in [-0.4, -0.2) is 40.2 Å². The van der Waals surface area contributed by atoms with Gasteiger partial charge in [0.25, 0.3) is 0 Å². The van der Waals surface area contributed by atoms with Crippen molar-refractivity contribution in [3.8, 4) is 11.4 Å². The molecule has 1 aromatic heterocycles. The Balaban J connectivity index is 1.72. The van der Waals surface area contributed by atoms with Crippen LogP contribution in [0.5, 0.6) is 5.75 Å². The van der Waals surface area contributed by atoms with Gasteiger partial charge in [-0.1, -0.05) is 31.2 Å². The molecule has 3 rings (SSSR count). The summed E-state index contributed by atoms with van der Waals surface area (Å²) < 4.78 is 7.74. The van der Waals surface area contributed by atoms with E-state index in [1.165, 1.54) is 0 Å². The van der Waals surface area contributed by atoms with Crippen molar-refractivity contribution in [3.05, 3.63) is 54.7 Å². The van der Waals surface area contributed by atoms with Gasteiger partial charge in [-0.2, -0.15) is 5.10 Å². The first-order valence-electron chi connectivity index (χ1n) is 8.75. The standard InChI is InChI=1S/C20H25N3O2/c1-3-15(2)21-12-17(24)14-25-20-11-7-10-19-18(20)13-22-23(19)16-8-5-4-6-9-16/h4-11,13,15,17,21,24H,3,12,14H2,1-2H3. The van der Waals surface area contributed by atoms with Crippen LogP contribution < -0.4 is 10.1 Å². The van der Waals surface area contributed by atoms with Crippen LogP contribution in [-0.2, 0) is 0 Å². The fraction of sp³-hybridized carbons (Fsp3) is 0.350. The van der Waals surface area contributed by atoms with Crippen LogP contribution in [0, 0.1) is 0 Å². The molecule has 0 aliphatic carbocycles. The number of aliphatic hydroxyl groups excluding tert-OH is 1. The fourth-order valence-electron chi connectivity index (χ4n) is 2.65. The summed E-state index contributed by atoms with van der Waals surface area (Å²) in [6, 6.07) is 16.3. The SMILES string of the molecule is CCC(C)NCC(O)COc1cccc2c1cnn2-c1ccccc1. The van der Waals surface area contributed by atoms with Crippen molar-refractivity contribution >= 4 is 10.9 Å². The Bertz CT molecular complexity index is 801. The zero-order valence-corrected chi connectivity index (χ0v) is 14.7. The second kappa shape index (κ2) is 8.14. The van der Waals surface area contributed by atoms with Gasteiger partial charge in [0.1, 0.15) is 18.5 Å². The fourth-order valence-corrected chi connectivity index (χ4v) is 2.65. The molecule has 2 N–H and O–H groups in total. The molecule has 0 aliphatic heterocycles. The Morgan fingerprint density at radius 2 is 1.96 bits per heavy atom. The summed E-state index contributed by atoms with van der Waals surface area (Å²) in [7, 11) is 0. The smallest absolute Gasteiger partial charge is 0.130 e. The van der Waals surface area contributed by atoms with Gasteiger partial charge in [0.2, 0.25) is 0 Å². The Morgan fingerprint density at radius 1 is 1.16 bits per heavy atom. The average Bonchev–Trinajstić information content (AvgIpc) is 3.09. The molecule has 0 amide bonds. The molecule has 1 heterocycles. The van der Waals surface area contributed by atoms with Crippen LogP contribution in [0.4, 0.5) is 0 Å². The van der Waals surface area contributed by atoms with Gasteiger partial charge in [-0.15, -0.1) is 0 Å². The second-order valence-corrected chi connectivity index (χ2v) is 6.26. The number of ether oxygens (including phenoxy) is 1. The third-order valence-corrected chi connectivity index (χ3v) is 4.32. The molecule has 0 bridgehead atoms. The quantitative estimate of drug-likeness (QED) is 0.662. The van der Waals surface area contributed by atoms with Gasteiger partial charge in [0.05, 0.1) is 22.8 Å². The molecule has 132 valence electrons. The number of benzene rings is 2. The Morgan fingerprint density at radius 3 is 2.72 bits per heavy atom. The van der Waals surface area contributed by atoms with Gasteiger partial charge in [-0.05, 0) is 37.6 Å². The molecule has 0 saturated heterocycles. The minimum Gasteiger partial charge on any atom is -0.490 e. The van der Waals surface area contributed by atoms with Crippen LogP contribution in [0.1, 0.15) is 20.3 Å². The van der Waals surface area contributed by atoms with Crippen molar-refractivity contribution in [2.75, 3.05) is 13.2 Å². The molecule has 5 nitrogen and oxygen atoms in total. The molecule has 2 unspecified atom stereocenters. The predicted octanol–water partition coefficient (Wildman–Crippen LogP) is 3.15. The molecule has 3 aromatic rings. The maximum Gasteiger partial charge on any atom is 0.130 e. The number of para-hydroxylation sites is 1. The normalized spacial score (nSPS) is 13.7. The van der Waals surface area contributed by atoms with Crippen LogP contribution >= 0.6 is 0 Å². The summed E-state index contributed by atoms with van der Waals surface area (Å²) in [6.07, 6.45) is 2.29. The predicted molar refractivity (Wildman–Crippen MR) is 100 cm³/mol. The highest BCUT2D eigenvalue weighted by Gasteiger charge is 2.11. The number of aromatic nitrogens is 2. The number of rotatable bonds is 8. The van der Waals surface area contributed by atoms with E-state index in [4.69, 9.17) is 4.74 Å². The van der Waals surface area contributed by atoms with Crippen LogP contribution in [0.15, 0.2) is 54.7 Å². The monoisotopic (exact) mass is 339 g/mol. The van der Waals surface area contributed by atoms with Gasteiger partial charge < -0.3 is 15.2 Å². The molecule has 2 atom stereocenters. The van der Waals surface area contributed by atoms with Crippen LogP contribution in [0.2, 0.25) is 0 Å². The second-order valence-electron chi connectivity index (χ2n) is 6.26. The van der Waals surface area contributed by atoms with Crippen molar-refractivity contribution in [2.45, 2.75) is 32.4 Å². The number of aliphatic hydroxyl groups is 1. The highest BCUT2D eigenvalue weighted by atomic mass is 16.5. The largest absolute Gasteiger partial charge is 0.490 e.